The van der Waals surface area contributed by atoms with E-state index >= 15 is 0 Å². The van der Waals surface area contributed by atoms with Crippen molar-refractivity contribution in [2.24, 2.45) is 0 Å². The van der Waals surface area contributed by atoms with Crippen LogP contribution in [0.4, 0.5) is 5.69 Å². The minimum Gasteiger partial charge on any atom is -0.492 e. The molecule has 0 spiro atoms. The van der Waals surface area contributed by atoms with Gasteiger partial charge >= 0.3 is 0 Å². The summed E-state index contributed by atoms with van der Waals surface area (Å²) in [5, 5.41) is 16.3. The SMILES string of the molecule is CS(=O)(=O)Nc1ccccc1-c1cccc(C(O)CNCCOc2ccc3c(c2)[nH]c2ccccc23)c1.Cl. The minimum absolute atomic E-state index is 0. The number of halogens is 1. The van der Waals surface area contributed by atoms with Gasteiger partial charge in [0.05, 0.1) is 23.6 Å². The highest BCUT2D eigenvalue weighted by Gasteiger charge is 2.12. The number of hydrogen-bond acceptors (Lipinski definition) is 5. The molecule has 7 nitrogen and oxygen atoms in total. The van der Waals surface area contributed by atoms with Crippen LogP contribution in [-0.2, 0) is 10.0 Å². The zero-order chi connectivity index (χ0) is 25.8. The van der Waals surface area contributed by atoms with E-state index in [1.54, 1.807) is 12.1 Å². The fourth-order valence-corrected chi connectivity index (χ4v) is 5.04. The van der Waals surface area contributed by atoms with Crippen molar-refractivity contribution in [3.8, 4) is 16.9 Å². The molecule has 5 rings (SSSR count). The number of rotatable bonds is 10. The monoisotopic (exact) mass is 551 g/mol. The molecule has 1 unspecified atom stereocenters. The standard InChI is InChI=1S/C29H29N3O4S.ClH/c1-37(34,35)32-27-12-5-2-9-23(27)20-7-6-8-21(17-20)29(33)19-30-15-16-36-22-13-14-25-24-10-3-4-11-26(24)31-28(25)18-22;/h2-14,17-18,29-33H,15-16,19H2,1H3;1H. The van der Waals surface area contributed by atoms with E-state index in [9.17, 15) is 13.5 Å². The lowest BCUT2D eigenvalue weighted by Gasteiger charge is -2.15. The van der Waals surface area contributed by atoms with Crippen LogP contribution in [0.15, 0.2) is 91.0 Å². The van der Waals surface area contributed by atoms with E-state index in [2.05, 4.69) is 33.2 Å². The van der Waals surface area contributed by atoms with Crippen molar-refractivity contribution in [1.29, 1.82) is 0 Å². The molecule has 0 bridgehead atoms. The molecule has 0 aliphatic heterocycles. The van der Waals surface area contributed by atoms with E-state index in [0.29, 0.717) is 25.4 Å². The van der Waals surface area contributed by atoms with E-state index in [1.807, 2.05) is 60.7 Å². The summed E-state index contributed by atoms with van der Waals surface area (Å²) >= 11 is 0. The number of benzene rings is 4. The van der Waals surface area contributed by atoms with Gasteiger partial charge in [0.1, 0.15) is 12.4 Å². The molecule has 9 heteroatoms. The number of hydrogen-bond donors (Lipinski definition) is 4. The van der Waals surface area contributed by atoms with Crippen molar-refractivity contribution in [3.63, 3.8) is 0 Å². The van der Waals surface area contributed by atoms with Crippen LogP contribution < -0.4 is 14.8 Å². The largest absolute Gasteiger partial charge is 0.492 e. The van der Waals surface area contributed by atoms with Crippen molar-refractivity contribution in [3.05, 3.63) is 96.6 Å². The Morgan fingerprint density at radius 2 is 1.66 bits per heavy atom. The van der Waals surface area contributed by atoms with Crippen molar-refractivity contribution in [1.82, 2.24) is 10.3 Å². The molecule has 0 amide bonds. The number of fused-ring (bicyclic) bond motifs is 3. The third kappa shape index (κ3) is 6.46. The lowest BCUT2D eigenvalue weighted by molar-refractivity contribution is 0.172. The summed E-state index contributed by atoms with van der Waals surface area (Å²) in [7, 11) is -3.41. The average molecular weight is 552 g/mol. The Kier molecular flexibility index (Phi) is 8.58. The molecule has 1 aromatic heterocycles. The number of aromatic nitrogens is 1. The number of aromatic amines is 1. The van der Waals surface area contributed by atoms with Gasteiger partial charge in [-0.2, -0.15) is 0 Å². The van der Waals surface area contributed by atoms with E-state index in [4.69, 9.17) is 4.74 Å². The molecule has 0 fully saturated rings. The normalized spacial score (nSPS) is 12.3. The van der Waals surface area contributed by atoms with Gasteiger partial charge in [0.2, 0.25) is 10.0 Å². The number of H-pyrrole nitrogens is 1. The second-order valence-corrected chi connectivity index (χ2v) is 10.7. The van der Waals surface area contributed by atoms with Crippen LogP contribution >= 0.6 is 12.4 Å². The van der Waals surface area contributed by atoms with Gasteiger partial charge in [0, 0.05) is 41.0 Å². The van der Waals surface area contributed by atoms with E-state index in [1.165, 1.54) is 10.8 Å². The maximum absolute atomic E-state index is 11.7. The zero-order valence-electron chi connectivity index (χ0n) is 20.8. The van der Waals surface area contributed by atoms with Crippen molar-refractivity contribution in [2.45, 2.75) is 6.10 Å². The predicted molar refractivity (Wildman–Crippen MR) is 157 cm³/mol. The van der Waals surface area contributed by atoms with Crippen LogP contribution in [0.25, 0.3) is 32.9 Å². The Hall–Kier alpha value is -3.56. The number of ether oxygens (including phenoxy) is 1. The van der Waals surface area contributed by atoms with Gasteiger partial charge in [-0.05, 0) is 41.5 Å². The van der Waals surface area contributed by atoms with Crippen LogP contribution in [0, 0.1) is 0 Å². The Balaban J connectivity index is 0.00000336. The van der Waals surface area contributed by atoms with Gasteiger partial charge in [-0.15, -0.1) is 12.4 Å². The lowest BCUT2D eigenvalue weighted by atomic mass is 9.99. The summed E-state index contributed by atoms with van der Waals surface area (Å²) in [6.45, 7) is 1.39. The van der Waals surface area contributed by atoms with Crippen LogP contribution in [0.2, 0.25) is 0 Å². The fourth-order valence-electron chi connectivity index (χ4n) is 4.46. The van der Waals surface area contributed by atoms with Gasteiger partial charge in [-0.1, -0.05) is 54.6 Å². The number of sulfonamides is 1. The highest BCUT2D eigenvalue weighted by Crippen LogP contribution is 2.30. The average Bonchev–Trinajstić information content (AvgIpc) is 3.26. The van der Waals surface area contributed by atoms with Gasteiger partial charge in [-0.25, -0.2) is 8.42 Å². The topological polar surface area (TPSA) is 103 Å². The molecular weight excluding hydrogens is 522 g/mol. The molecule has 0 aliphatic carbocycles. The first-order valence-electron chi connectivity index (χ1n) is 12.1. The number of nitrogens with one attached hydrogen (secondary N) is 3. The molecule has 0 saturated carbocycles. The summed E-state index contributed by atoms with van der Waals surface area (Å²) in [6, 6.07) is 28.9. The molecule has 5 aromatic rings. The summed E-state index contributed by atoms with van der Waals surface area (Å²) in [5.41, 5.74) is 4.94. The molecule has 4 aromatic carbocycles. The summed E-state index contributed by atoms with van der Waals surface area (Å²) in [5.74, 6) is 0.787. The first-order valence-corrected chi connectivity index (χ1v) is 14.0. The van der Waals surface area contributed by atoms with Crippen LogP contribution in [-0.4, -0.2) is 44.5 Å². The van der Waals surface area contributed by atoms with Crippen molar-refractivity contribution >= 4 is 49.9 Å². The van der Waals surface area contributed by atoms with Crippen LogP contribution in [0.1, 0.15) is 11.7 Å². The van der Waals surface area contributed by atoms with Crippen LogP contribution in [0.5, 0.6) is 5.75 Å². The lowest BCUT2D eigenvalue weighted by Crippen LogP contribution is -2.26. The Bertz CT molecular complexity index is 1650. The quantitative estimate of drug-likeness (QED) is 0.172. The van der Waals surface area contributed by atoms with Crippen molar-refractivity contribution in [2.75, 3.05) is 30.7 Å². The van der Waals surface area contributed by atoms with E-state index in [0.717, 1.165) is 39.7 Å². The fraction of sp³-hybridized carbons (Fsp3) is 0.172. The predicted octanol–water partition coefficient (Wildman–Crippen LogP) is 5.48. The van der Waals surface area contributed by atoms with Gasteiger partial charge < -0.3 is 20.1 Å². The van der Waals surface area contributed by atoms with E-state index in [-0.39, 0.29) is 12.4 Å². The maximum Gasteiger partial charge on any atom is 0.229 e. The zero-order valence-corrected chi connectivity index (χ0v) is 22.5. The highest BCUT2D eigenvalue weighted by atomic mass is 35.5. The molecule has 198 valence electrons. The van der Waals surface area contributed by atoms with Crippen LogP contribution in [0.3, 0.4) is 0 Å². The first kappa shape index (κ1) is 27.5. The second kappa shape index (κ2) is 11.9. The molecule has 1 heterocycles. The van der Waals surface area contributed by atoms with Gasteiger partial charge in [0.25, 0.3) is 0 Å². The molecule has 4 N–H and O–H groups in total. The second-order valence-electron chi connectivity index (χ2n) is 8.99. The number of aliphatic hydroxyl groups is 1. The Labute approximate surface area is 228 Å². The Morgan fingerprint density at radius 3 is 2.50 bits per heavy atom. The number of para-hydroxylation sites is 2. The maximum atomic E-state index is 11.7. The number of anilines is 1. The van der Waals surface area contributed by atoms with Gasteiger partial charge in [0.15, 0.2) is 0 Å². The number of aliphatic hydroxyl groups excluding tert-OH is 1. The summed E-state index contributed by atoms with van der Waals surface area (Å²) in [6.07, 6.45) is 0.400. The van der Waals surface area contributed by atoms with Crippen molar-refractivity contribution < 1.29 is 18.3 Å². The molecule has 0 aliphatic rings. The summed E-state index contributed by atoms with van der Waals surface area (Å²) < 4.78 is 32.0. The smallest absolute Gasteiger partial charge is 0.229 e. The minimum atomic E-state index is -3.41. The third-order valence-electron chi connectivity index (χ3n) is 6.17. The molecule has 38 heavy (non-hydrogen) atoms. The van der Waals surface area contributed by atoms with Gasteiger partial charge in [-0.3, -0.25) is 4.72 Å². The molecular formula is C29H30ClN3O4S. The Morgan fingerprint density at radius 1 is 0.895 bits per heavy atom. The first-order chi connectivity index (χ1) is 17.9. The van der Waals surface area contributed by atoms with E-state index < -0.39 is 16.1 Å². The highest BCUT2D eigenvalue weighted by molar-refractivity contribution is 7.92. The summed E-state index contributed by atoms with van der Waals surface area (Å²) in [4.78, 5) is 3.42. The molecule has 0 saturated heterocycles. The third-order valence-corrected chi connectivity index (χ3v) is 6.76. The molecule has 0 radical (unpaired) electrons. The molecule has 1 atom stereocenters.